The van der Waals surface area contributed by atoms with E-state index in [0.29, 0.717) is 11.3 Å². The maximum atomic E-state index is 11.1. The van der Waals surface area contributed by atoms with Crippen molar-refractivity contribution in [2.45, 2.75) is 0 Å². The van der Waals surface area contributed by atoms with E-state index in [1.165, 1.54) is 0 Å². The van der Waals surface area contributed by atoms with Crippen LogP contribution in [0.1, 0.15) is 0 Å². The van der Waals surface area contributed by atoms with E-state index in [9.17, 15) is 10.1 Å². The van der Waals surface area contributed by atoms with Crippen LogP contribution >= 0.6 is 0 Å². The van der Waals surface area contributed by atoms with Gasteiger partial charge in [-0.2, -0.15) is 0 Å². The fourth-order valence-electron chi connectivity index (χ4n) is 2.11. The Bertz CT molecular complexity index is 838. The lowest BCUT2D eigenvalue weighted by molar-refractivity contribution is -0.394. The number of nitrogens with zero attached hydrogens (tertiary/aromatic N) is 3. The Morgan fingerprint density at radius 3 is 2.17 bits per heavy atom. The number of anilines is 3. The van der Waals surface area contributed by atoms with Crippen molar-refractivity contribution < 1.29 is 4.92 Å². The average Bonchev–Trinajstić information content (AvgIpc) is 2.58. The smallest absolute Gasteiger partial charge is 0.391 e. The molecule has 1 heterocycles. The van der Waals surface area contributed by atoms with Gasteiger partial charge in [-0.15, -0.1) is 0 Å². The minimum Gasteiger partial charge on any atom is -0.391 e. The van der Waals surface area contributed by atoms with Gasteiger partial charge in [-0.05, 0) is 22.0 Å². The predicted molar refractivity (Wildman–Crippen MR) is 88.3 cm³/mol. The van der Waals surface area contributed by atoms with Crippen molar-refractivity contribution in [3.05, 3.63) is 70.8 Å². The first-order valence-corrected chi connectivity index (χ1v) is 6.84. The molecule has 3 rings (SSSR count). The monoisotopic (exact) mass is 307 g/mol. The molecule has 2 aromatic carbocycles. The number of hydrogen-bond acceptors (Lipinski definition) is 6. The standard InChI is InChI=1S/C16H13N5O2/c17-13-14(11-7-3-1-4-8-11)19-16(21(22)23)20-15(13)18-12-9-5-2-6-10-12/h1-10H,17H2,(H,18,19,20). The fourth-order valence-corrected chi connectivity index (χ4v) is 2.11. The van der Waals surface area contributed by atoms with Crippen molar-refractivity contribution in [2.24, 2.45) is 0 Å². The molecular formula is C16H13N5O2. The highest BCUT2D eigenvalue weighted by atomic mass is 16.6. The first kappa shape index (κ1) is 14.5. The average molecular weight is 307 g/mol. The Morgan fingerprint density at radius 2 is 1.57 bits per heavy atom. The molecule has 0 atom stereocenters. The SMILES string of the molecule is Nc1c(Nc2ccccc2)nc([N+](=O)[O-])nc1-c1ccccc1. The molecule has 3 aromatic rings. The number of aromatic nitrogens is 2. The summed E-state index contributed by atoms with van der Waals surface area (Å²) in [6, 6.07) is 18.2. The predicted octanol–water partition coefficient (Wildman–Crippen LogP) is 3.38. The zero-order valence-corrected chi connectivity index (χ0v) is 12.0. The van der Waals surface area contributed by atoms with Crippen molar-refractivity contribution in [1.29, 1.82) is 0 Å². The lowest BCUT2D eigenvalue weighted by Crippen LogP contribution is -2.07. The van der Waals surface area contributed by atoms with Gasteiger partial charge < -0.3 is 21.2 Å². The second kappa shape index (κ2) is 6.10. The van der Waals surface area contributed by atoms with Crippen LogP contribution in [0, 0.1) is 10.1 Å². The molecule has 0 aliphatic heterocycles. The molecule has 0 spiro atoms. The van der Waals surface area contributed by atoms with Crippen LogP contribution in [-0.4, -0.2) is 14.9 Å². The zero-order valence-electron chi connectivity index (χ0n) is 12.0. The van der Waals surface area contributed by atoms with Crippen LogP contribution in [-0.2, 0) is 0 Å². The highest BCUT2D eigenvalue weighted by Crippen LogP contribution is 2.32. The molecule has 0 saturated heterocycles. The Hall–Kier alpha value is -3.48. The van der Waals surface area contributed by atoms with E-state index in [4.69, 9.17) is 5.73 Å². The van der Waals surface area contributed by atoms with Crippen molar-refractivity contribution in [1.82, 2.24) is 9.97 Å². The number of para-hydroxylation sites is 1. The molecule has 0 amide bonds. The third kappa shape index (κ3) is 3.08. The second-order valence-corrected chi connectivity index (χ2v) is 4.75. The van der Waals surface area contributed by atoms with Crippen LogP contribution in [0.4, 0.5) is 23.1 Å². The zero-order chi connectivity index (χ0) is 16.2. The minimum atomic E-state index is -0.637. The molecule has 0 bridgehead atoms. The molecule has 0 unspecified atom stereocenters. The second-order valence-electron chi connectivity index (χ2n) is 4.75. The summed E-state index contributed by atoms with van der Waals surface area (Å²) < 4.78 is 0. The van der Waals surface area contributed by atoms with E-state index in [2.05, 4.69) is 15.3 Å². The van der Waals surface area contributed by atoms with Crippen LogP contribution < -0.4 is 11.1 Å². The minimum absolute atomic E-state index is 0.205. The van der Waals surface area contributed by atoms with Gasteiger partial charge in [-0.1, -0.05) is 53.5 Å². The van der Waals surface area contributed by atoms with Crippen molar-refractivity contribution in [3.8, 4) is 11.3 Å². The number of benzene rings is 2. The highest BCUT2D eigenvalue weighted by molar-refractivity contribution is 5.83. The summed E-state index contributed by atoms with van der Waals surface area (Å²) in [7, 11) is 0. The number of nitrogens with one attached hydrogen (secondary N) is 1. The number of nitro groups is 1. The summed E-state index contributed by atoms with van der Waals surface area (Å²) in [5, 5.41) is 14.1. The Morgan fingerprint density at radius 1 is 0.957 bits per heavy atom. The maximum absolute atomic E-state index is 11.1. The van der Waals surface area contributed by atoms with Crippen LogP contribution in [0.2, 0.25) is 0 Å². The highest BCUT2D eigenvalue weighted by Gasteiger charge is 2.22. The van der Waals surface area contributed by atoms with Gasteiger partial charge in [0.25, 0.3) is 0 Å². The van der Waals surface area contributed by atoms with Gasteiger partial charge in [0.05, 0.1) is 0 Å². The largest absolute Gasteiger partial charge is 0.471 e. The van der Waals surface area contributed by atoms with Crippen LogP contribution in [0.25, 0.3) is 11.3 Å². The fraction of sp³-hybridized carbons (Fsp3) is 0. The van der Waals surface area contributed by atoms with Crippen molar-refractivity contribution in [3.63, 3.8) is 0 Å². The van der Waals surface area contributed by atoms with E-state index in [1.54, 1.807) is 12.1 Å². The molecule has 7 heteroatoms. The van der Waals surface area contributed by atoms with Crippen molar-refractivity contribution >= 4 is 23.1 Å². The Labute approximate surface area is 132 Å². The van der Waals surface area contributed by atoms with Gasteiger partial charge in [0.2, 0.25) is 5.82 Å². The third-order valence-corrected chi connectivity index (χ3v) is 3.18. The van der Waals surface area contributed by atoms with E-state index >= 15 is 0 Å². The molecule has 114 valence electrons. The molecule has 0 saturated carbocycles. The lowest BCUT2D eigenvalue weighted by Gasteiger charge is -2.08. The lowest BCUT2D eigenvalue weighted by atomic mass is 10.1. The third-order valence-electron chi connectivity index (χ3n) is 3.18. The van der Waals surface area contributed by atoms with E-state index < -0.39 is 10.9 Å². The molecule has 1 aromatic heterocycles. The molecule has 0 radical (unpaired) electrons. The Balaban J connectivity index is 2.12. The van der Waals surface area contributed by atoms with Gasteiger partial charge in [-0.25, -0.2) is 0 Å². The molecule has 0 aliphatic carbocycles. The van der Waals surface area contributed by atoms with Gasteiger partial charge in [0, 0.05) is 11.3 Å². The van der Waals surface area contributed by atoms with E-state index in [0.717, 1.165) is 5.69 Å². The summed E-state index contributed by atoms with van der Waals surface area (Å²) in [6.07, 6.45) is 0. The number of hydrogen-bond donors (Lipinski definition) is 2. The first-order chi connectivity index (χ1) is 11.1. The molecule has 23 heavy (non-hydrogen) atoms. The number of nitrogens with two attached hydrogens (primary N) is 1. The Kier molecular flexibility index (Phi) is 3.84. The van der Waals surface area contributed by atoms with Crippen LogP contribution in [0.3, 0.4) is 0 Å². The van der Waals surface area contributed by atoms with Gasteiger partial charge in [-0.3, -0.25) is 0 Å². The summed E-state index contributed by atoms with van der Waals surface area (Å²) >= 11 is 0. The van der Waals surface area contributed by atoms with Crippen molar-refractivity contribution in [2.75, 3.05) is 11.1 Å². The topological polar surface area (TPSA) is 107 Å². The summed E-state index contributed by atoms with van der Waals surface area (Å²) in [6.45, 7) is 0. The molecule has 0 fully saturated rings. The first-order valence-electron chi connectivity index (χ1n) is 6.84. The maximum Gasteiger partial charge on any atom is 0.471 e. The van der Waals surface area contributed by atoms with Gasteiger partial charge in [0.15, 0.2) is 5.69 Å². The molecule has 0 aliphatic rings. The van der Waals surface area contributed by atoms with Gasteiger partial charge in [0.1, 0.15) is 5.69 Å². The molecular weight excluding hydrogens is 294 g/mol. The number of rotatable bonds is 4. The summed E-state index contributed by atoms with van der Waals surface area (Å²) in [5.41, 5.74) is 8.12. The van der Waals surface area contributed by atoms with Crippen LogP contribution in [0.15, 0.2) is 60.7 Å². The molecule has 7 nitrogen and oxygen atoms in total. The molecule has 3 N–H and O–H groups in total. The van der Waals surface area contributed by atoms with Gasteiger partial charge >= 0.3 is 5.95 Å². The van der Waals surface area contributed by atoms with Crippen LogP contribution in [0.5, 0.6) is 0 Å². The normalized spacial score (nSPS) is 10.3. The summed E-state index contributed by atoms with van der Waals surface area (Å²) in [4.78, 5) is 18.4. The van der Waals surface area contributed by atoms with E-state index in [1.807, 2.05) is 48.5 Å². The summed E-state index contributed by atoms with van der Waals surface area (Å²) in [5.74, 6) is -0.298. The number of nitrogen functional groups attached to an aromatic ring is 1. The quantitative estimate of drug-likeness (QED) is 0.565. The van der Waals surface area contributed by atoms with E-state index in [-0.39, 0.29) is 11.5 Å².